The third kappa shape index (κ3) is 3.36. The fourth-order valence-electron chi connectivity index (χ4n) is 3.81. The summed E-state index contributed by atoms with van der Waals surface area (Å²) < 4.78 is 36.5. The number of nitrogens with one attached hydrogen (secondary N) is 1. The van der Waals surface area contributed by atoms with Crippen LogP contribution in [0.5, 0.6) is 5.75 Å². The number of hydrogen-bond acceptors (Lipinski definition) is 5. The number of aromatic nitrogens is 1. The lowest BCUT2D eigenvalue weighted by molar-refractivity contribution is 0.412. The molecule has 1 heterocycles. The van der Waals surface area contributed by atoms with E-state index >= 15 is 0 Å². The summed E-state index contributed by atoms with van der Waals surface area (Å²) in [6.07, 6.45) is 2.57. The average molecular weight is 419 g/mol. The molecule has 4 rings (SSSR count). The number of thiazole rings is 1. The second-order valence-electron chi connectivity index (χ2n) is 6.87. The van der Waals surface area contributed by atoms with Gasteiger partial charge in [-0.05, 0) is 67.6 Å². The van der Waals surface area contributed by atoms with Gasteiger partial charge in [-0.1, -0.05) is 17.4 Å². The predicted molar refractivity (Wildman–Crippen MR) is 111 cm³/mol. The number of benzene rings is 2. The van der Waals surface area contributed by atoms with Crippen molar-refractivity contribution in [3.8, 4) is 5.75 Å². The summed E-state index contributed by atoms with van der Waals surface area (Å²) in [7, 11) is -2.08. The molecule has 1 aromatic heterocycles. The highest BCUT2D eigenvalue weighted by molar-refractivity contribution is 7.89. The highest BCUT2D eigenvalue weighted by Crippen LogP contribution is 2.33. The summed E-state index contributed by atoms with van der Waals surface area (Å²) in [6, 6.07) is 10.4. The lowest BCUT2D eigenvalue weighted by atomic mass is 9.88. The summed E-state index contributed by atoms with van der Waals surface area (Å²) in [5.74, 6) is 0.781. The van der Waals surface area contributed by atoms with Crippen LogP contribution >= 0.6 is 11.3 Å². The van der Waals surface area contributed by atoms with E-state index in [2.05, 4.69) is 4.72 Å². The van der Waals surface area contributed by atoms with Crippen LogP contribution in [0.15, 0.2) is 46.1 Å². The molecule has 1 unspecified atom stereocenters. The SMILES string of the molecule is CCn1c(=O)sc2cc(S(=O)(=O)NC3CCCc4cc(OC)ccc43)ccc21. The first-order valence-corrected chi connectivity index (χ1v) is 11.6. The number of sulfonamides is 1. The normalized spacial score (nSPS) is 16.9. The zero-order chi connectivity index (χ0) is 19.9. The van der Waals surface area contributed by atoms with Crippen molar-refractivity contribution >= 4 is 31.6 Å². The maximum absolute atomic E-state index is 13.0. The first kappa shape index (κ1) is 19.2. The van der Waals surface area contributed by atoms with Gasteiger partial charge in [0.2, 0.25) is 10.0 Å². The minimum atomic E-state index is -3.71. The van der Waals surface area contributed by atoms with E-state index in [1.165, 1.54) is 0 Å². The van der Waals surface area contributed by atoms with Gasteiger partial charge < -0.3 is 4.74 Å². The van der Waals surface area contributed by atoms with Crippen LogP contribution in [-0.2, 0) is 23.0 Å². The Labute approximate surface area is 167 Å². The van der Waals surface area contributed by atoms with Gasteiger partial charge in [0.1, 0.15) is 5.75 Å². The van der Waals surface area contributed by atoms with Gasteiger partial charge in [0.25, 0.3) is 0 Å². The van der Waals surface area contributed by atoms with Gasteiger partial charge in [-0.3, -0.25) is 9.36 Å². The van der Waals surface area contributed by atoms with E-state index < -0.39 is 10.0 Å². The van der Waals surface area contributed by atoms with Crippen LogP contribution < -0.4 is 14.3 Å². The van der Waals surface area contributed by atoms with Crippen LogP contribution in [-0.4, -0.2) is 20.1 Å². The molecule has 2 aromatic carbocycles. The first-order valence-electron chi connectivity index (χ1n) is 9.25. The second kappa shape index (κ2) is 7.35. The number of rotatable bonds is 5. The van der Waals surface area contributed by atoms with Gasteiger partial charge in [-0.25, -0.2) is 13.1 Å². The molecule has 0 amide bonds. The summed E-state index contributed by atoms with van der Waals surface area (Å²) >= 11 is 1.07. The van der Waals surface area contributed by atoms with E-state index in [1.807, 2.05) is 25.1 Å². The number of ether oxygens (including phenoxy) is 1. The van der Waals surface area contributed by atoms with Crippen LogP contribution in [0.4, 0.5) is 0 Å². The molecular weight excluding hydrogens is 396 g/mol. The van der Waals surface area contributed by atoms with Crippen molar-refractivity contribution in [3.63, 3.8) is 0 Å². The number of nitrogens with zero attached hydrogens (tertiary/aromatic N) is 1. The van der Waals surface area contributed by atoms with Crippen LogP contribution in [0.1, 0.15) is 36.9 Å². The van der Waals surface area contributed by atoms with Crippen molar-refractivity contribution in [2.45, 2.75) is 43.7 Å². The third-order valence-electron chi connectivity index (χ3n) is 5.23. The van der Waals surface area contributed by atoms with E-state index in [9.17, 15) is 13.2 Å². The minimum Gasteiger partial charge on any atom is -0.497 e. The molecule has 1 N–H and O–H groups in total. The highest BCUT2D eigenvalue weighted by atomic mass is 32.2. The lowest BCUT2D eigenvalue weighted by Crippen LogP contribution is -2.31. The van der Waals surface area contributed by atoms with Gasteiger partial charge in [0.05, 0.1) is 22.2 Å². The summed E-state index contributed by atoms with van der Waals surface area (Å²) in [5, 5.41) is 0. The third-order valence-corrected chi connectivity index (χ3v) is 7.64. The molecule has 0 bridgehead atoms. The van der Waals surface area contributed by atoms with E-state index in [0.717, 1.165) is 53.0 Å². The Kier molecular flexibility index (Phi) is 5.03. The number of hydrogen-bond donors (Lipinski definition) is 1. The standard InChI is InChI=1S/C20H22N2O4S2/c1-3-22-18-10-8-15(12-19(18)27-20(22)23)28(24,25)21-17-6-4-5-13-11-14(26-2)7-9-16(13)17/h7-12,17,21H,3-6H2,1-2H3. The summed E-state index contributed by atoms with van der Waals surface area (Å²) in [5.41, 5.74) is 2.89. The molecule has 3 aromatic rings. The summed E-state index contributed by atoms with van der Waals surface area (Å²) in [4.78, 5) is 12.2. The smallest absolute Gasteiger partial charge is 0.308 e. The Bertz CT molecular complexity index is 1190. The number of fused-ring (bicyclic) bond motifs is 2. The Morgan fingerprint density at radius 2 is 2.07 bits per heavy atom. The molecule has 0 spiro atoms. The molecule has 0 radical (unpaired) electrons. The van der Waals surface area contributed by atoms with Crippen LogP contribution in [0, 0.1) is 0 Å². The van der Waals surface area contributed by atoms with Crippen molar-refractivity contribution in [2.75, 3.05) is 7.11 Å². The predicted octanol–water partition coefficient (Wildman–Crippen LogP) is 3.45. The quantitative estimate of drug-likeness (QED) is 0.688. The van der Waals surface area contributed by atoms with Gasteiger partial charge in [-0.2, -0.15) is 0 Å². The molecular formula is C20H22N2O4S2. The molecule has 0 aliphatic heterocycles. The average Bonchev–Trinajstić information content (AvgIpc) is 3.01. The van der Waals surface area contributed by atoms with Gasteiger partial charge in [0.15, 0.2) is 0 Å². The Morgan fingerprint density at radius 3 is 2.82 bits per heavy atom. The molecule has 28 heavy (non-hydrogen) atoms. The molecule has 1 aliphatic carbocycles. The fraction of sp³-hybridized carbons (Fsp3) is 0.350. The first-order chi connectivity index (χ1) is 13.4. The van der Waals surface area contributed by atoms with Crippen LogP contribution in [0.25, 0.3) is 10.2 Å². The Balaban J connectivity index is 1.67. The lowest BCUT2D eigenvalue weighted by Gasteiger charge is -2.26. The van der Waals surface area contributed by atoms with E-state index in [0.29, 0.717) is 11.2 Å². The zero-order valence-electron chi connectivity index (χ0n) is 15.8. The maximum atomic E-state index is 13.0. The van der Waals surface area contributed by atoms with Gasteiger partial charge in [0, 0.05) is 12.6 Å². The summed E-state index contributed by atoms with van der Waals surface area (Å²) in [6.45, 7) is 2.46. The van der Waals surface area contributed by atoms with Crippen molar-refractivity contribution in [1.29, 1.82) is 0 Å². The van der Waals surface area contributed by atoms with Crippen molar-refractivity contribution in [1.82, 2.24) is 9.29 Å². The monoisotopic (exact) mass is 418 g/mol. The van der Waals surface area contributed by atoms with Crippen molar-refractivity contribution in [2.24, 2.45) is 0 Å². The zero-order valence-corrected chi connectivity index (χ0v) is 17.4. The molecule has 0 saturated heterocycles. The van der Waals surface area contributed by atoms with Crippen molar-refractivity contribution < 1.29 is 13.2 Å². The Hall–Kier alpha value is -2.16. The molecule has 0 saturated carbocycles. The van der Waals surface area contributed by atoms with E-state index in [-0.39, 0.29) is 15.8 Å². The number of aryl methyl sites for hydroxylation is 2. The topological polar surface area (TPSA) is 77.4 Å². The van der Waals surface area contributed by atoms with Crippen molar-refractivity contribution in [3.05, 3.63) is 57.2 Å². The largest absolute Gasteiger partial charge is 0.497 e. The molecule has 8 heteroatoms. The number of methoxy groups -OCH3 is 1. The van der Waals surface area contributed by atoms with E-state index in [4.69, 9.17) is 4.74 Å². The maximum Gasteiger partial charge on any atom is 0.308 e. The minimum absolute atomic E-state index is 0.0739. The van der Waals surface area contributed by atoms with Crippen LogP contribution in [0.2, 0.25) is 0 Å². The van der Waals surface area contributed by atoms with Gasteiger partial charge >= 0.3 is 4.87 Å². The van der Waals surface area contributed by atoms with Crippen LogP contribution in [0.3, 0.4) is 0 Å². The Morgan fingerprint density at radius 1 is 1.25 bits per heavy atom. The fourth-order valence-corrected chi connectivity index (χ4v) is 6.15. The second-order valence-corrected chi connectivity index (χ2v) is 9.58. The molecule has 148 valence electrons. The molecule has 1 atom stereocenters. The van der Waals surface area contributed by atoms with Gasteiger partial charge in [-0.15, -0.1) is 0 Å². The van der Waals surface area contributed by atoms with E-state index in [1.54, 1.807) is 29.9 Å². The molecule has 6 nitrogen and oxygen atoms in total. The molecule has 1 aliphatic rings. The molecule has 0 fully saturated rings. The highest BCUT2D eigenvalue weighted by Gasteiger charge is 2.26.